The lowest BCUT2D eigenvalue weighted by molar-refractivity contribution is 1.17. The third-order valence-electron chi connectivity index (χ3n) is 11.9. The lowest BCUT2D eigenvalue weighted by Crippen LogP contribution is -1.98. The predicted octanol–water partition coefficient (Wildman–Crippen LogP) is 13.5. The van der Waals surface area contributed by atoms with Crippen LogP contribution < -0.4 is 0 Å². The first-order valence-corrected chi connectivity index (χ1v) is 20.5. The Morgan fingerprint density at radius 2 is 0.922 bits per heavy atom. The van der Waals surface area contributed by atoms with Crippen LogP contribution in [0.5, 0.6) is 0 Å². The largest absolute Gasteiger partial charge is 0.309 e. The Hall–Kier alpha value is -9.60. The van der Waals surface area contributed by atoms with Crippen molar-refractivity contribution < 1.29 is 0 Å². The van der Waals surface area contributed by atoms with E-state index >= 15 is 0 Å². The quantitative estimate of drug-likeness (QED) is 0.155. The van der Waals surface area contributed by atoms with E-state index in [0.29, 0.717) is 56.3 Å². The Kier molecular flexibility index (Phi) is 8.85. The van der Waals surface area contributed by atoms with Gasteiger partial charge in [0.2, 0.25) is 0 Å². The molecular weight excluding hydrogens is 785 g/mol. The van der Waals surface area contributed by atoms with Crippen LogP contribution in [0.2, 0.25) is 0 Å². The highest BCUT2D eigenvalue weighted by atomic mass is 15.0. The van der Waals surface area contributed by atoms with E-state index in [-0.39, 0.29) is 0 Å². The summed E-state index contributed by atoms with van der Waals surface area (Å²) in [6.07, 6.45) is 0. The number of aromatic nitrogens is 4. The van der Waals surface area contributed by atoms with E-state index in [0.717, 1.165) is 55.3 Å². The summed E-state index contributed by atoms with van der Waals surface area (Å²) in [6, 6.07) is 66.3. The summed E-state index contributed by atoms with van der Waals surface area (Å²) in [5.41, 5.74) is 12.7. The minimum atomic E-state index is 0.350. The van der Waals surface area contributed by atoms with Gasteiger partial charge in [0.25, 0.3) is 0 Å². The molecule has 0 spiro atoms. The molecule has 0 aliphatic heterocycles. The fourth-order valence-electron chi connectivity index (χ4n) is 8.86. The first-order chi connectivity index (χ1) is 31.5. The molecule has 0 N–H and O–H groups in total. The molecule has 0 radical (unpaired) electrons. The Morgan fingerprint density at radius 3 is 1.50 bits per heavy atom. The number of rotatable bonds is 6. The first-order valence-electron chi connectivity index (χ1n) is 20.5. The van der Waals surface area contributed by atoms with Crippen LogP contribution in [0.25, 0.3) is 105 Å². The summed E-state index contributed by atoms with van der Waals surface area (Å²) in [5.74, 6) is 0.391. The zero-order valence-electron chi connectivity index (χ0n) is 33.9. The third-order valence-corrected chi connectivity index (χ3v) is 11.9. The molecule has 0 bridgehead atoms. The molecule has 0 unspecified atom stereocenters. The summed E-state index contributed by atoms with van der Waals surface area (Å²) in [5, 5.41) is 34.1. The molecular formula is C56H30N8. The fraction of sp³-hybridized carbons (Fsp3) is 0. The average molecular weight is 815 g/mol. The first kappa shape index (κ1) is 37.4. The molecule has 0 aliphatic rings. The van der Waals surface area contributed by atoms with Gasteiger partial charge in [-0.25, -0.2) is 14.8 Å². The summed E-state index contributed by atoms with van der Waals surface area (Å²) in [6.45, 7) is 8.30. The average Bonchev–Trinajstić information content (AvgIpc) is 3.88. The number of hydrogen-bond donors (Lipinski definition) is 0. The smallest absolute Gasteiger partial charge is 0.195 e. The van der Waals surface area contributed by atoms with E-state index in [1.165, 1.54) is 10.8 Å². The molecule has 0 atom stereocenters. The van der Waals surface area contributed by atoms with Crippen LogP contribution in [0.15, 0.2) is 182 Å². The van der Waals surface area contributed by atoms with Gasteiger partial charge in [-0.05, 0) is 114 Å². The molecule has 0 fully saturated rings. The van der Waals surface area contributed by atoms with Crippen molar-refractivity contribution in [2.75, 3.05) is 0 Å². The van der Waals surface area contributed by atoms with Gasteiger partial charge in [-0.15, -0.1) is 0 Å². The van der Waals surface area contributed by atoms with E-state index < -0.39 is 0 Å². The maximum atomic E-state index is 10.6. The summed E-state index contributed by atoms with van der Waals surface area (Å²) in [4.78, 5) is 13.7. The fourth-order valence-corrected chi connectivity index (χ4v) is 8.86. The lowest BCUT2D eigenvalue weighted by Gasteiger charge is -2.14. The number of hydrogen-bond acceptors (Lipinski definition) is 5. The molecule has 64 heavy (non-hydrogen) atoms. The molecule has 3 aromatic heterocycles. The monoisotopic (exact) mass is 814 g/mol. The minimum Gasteiger partial charge on any atom is -0.309 e. The van der Waals surface area contributed by atoms with Gasteiger partial charge in [0.15, 0.2) is 11.5 Å². The van der Waals surface area contributed by atoms with Gasteiger partial charge >= 0.3 is 0 Å². The zero-order chi connectivity index (χ0) is 43.3. The zero-order valence-corrected chi connectivity index (χ0v) is 33.9. The van der Waals surface area contributed by atoms with Gasteiger partial charge in [-0.2, -0.15) is 15.8 Å². The molecule has 0 saturated heterocycles. The van der Waals surface area contributed by atoms with Gasteiger partial charge in [-0.1, -0.05) is 78.9 Å². The highest BCUT2D eigenvalue weighted by Crippen LogP contribution is 2.40. The molecule has 0 saturated carbocycles. The highest BCUT2D eigenvalue weighted by Gasteiger charge is 2.20. The van der Waals surface area contributed by atoms with E-state index in [4.69, 9.17) is 16.5 Å². The topological polar surface area (TPSA) is 111 Å². The second-order valence-electron chi connectivity index (χ2n) is 15.4. The van der Waals surface area contributed by atoms with Crippen molar-refractivity contribution in [1.29, 1.82) is 15.8 Å². The van der Waals surface area contributed by atoms with E-state index in [1.54, 1.807) is 54.6 Å². The van der Waals surface area contributed by atoms with Gasteiger partial charge in [0.1, 0.15) is 0 Å². The Balaban J connectivity index is 1.00. The minimum absolute atomic E-state index is 0.350. The number of nitrogens with zero attached hydrogens (tertiary/aromatic N) is 8. The van der Waals surface area contributed by atoms with Gasteiger partial charge in [0, 0.05) is 49.6 Å². The Labute approximate surface area is 367 Å². The molecule has 11 aromatic rings. The molecule has 0 aliphatic carbocycles. The molecule has 8 heteroatoms. The second-order valence-corrected chi connectivity index (χ2v) is 15.4. The van der Waals surface area contributed by atoms with E-state index in [2.05, 4.69) is 135 Å². The SMILES string of the molecule is [C-]#[N+]c1cc(-c2cc(-c3ccc(C#N)cc3)nc(-c3ccc(C#N)cc3)n2)c(C#N)cc1-c1ccc(-n2c3ccccc3c3cc(-n4c5ccccc5c5ccccc54)ccc32)cc1. The summed E-state index contributed by atoms with van der Waals surface area (Å²) in [7, 11) is 0. The third kappa shape index (κ3) is 6.12. The van der Waals surface area contributed by atoms with Crippen LogP contribution in [0.3, 0.4) is 0 Å². The molecule has 294 valence electrons. The Bertz CT molecular complexity index is 3740. The number of nitriles is 3. The maximum Gasteiger partial charge on any atom is 0.195 e. The van der Waals surface area contributed by atoms with Crippen LogP contribution >= 0.6 is 0 Å². The van der Waals surface area contributed by atoms with Crippen molar-refractivity contribution in [3.8, 4) is 74.6 Å². The summed E-state index contributed by atoms with van der Waals surface area (Å²) < 4.78 is 4.61. The molecule has 8 nitrogen and oxygen atoms in total. The normalized spacial score (nSPS) is 11.1. The van der Waals surface area contributed by atoms with Crippen LogP contribution in [-0.2, 0) is 0 Å². The van der Waals surface area contributed by atoms with E-state index in [9.17, 15) is 15.8 Å². The predicted molar refractivity (Wildman–Crippen MR) is 253 cm³/mol. The van der Waals surface area contributed by atoms with Crippen LogP contribution in [0.1, 0.15) is 16.7 Å². The highest BCUT2D eigenvalue weighted by molar-refractivity contribution is 6.12. The molecule has 3 heterocycles. The van der Waals surface area contributed by atoms with Crippen LogP contribution in [0.4, 0.5) is 5.69 Å². The lowest BCUT2D eigenvalue weighted by atomic mass is 9.95. The van der Waals surface area contributed by atoms with Crippen molar-refractivity contribution in [2.24, 2.45) is 0 Å². The van der Waals surface area contributed by atoms with Gasteiger partial charge in [-0.3, -0.25) is 0 Å². The van der Waals surface area contributed by atoms with Crippen molar-refractivity contribution >= 4 is 49.3 Å². The number of fused-ring (bicyclic) bond motifs is 6. The van der Waals surface area contributed by atoms with Crippen molar-refractivity contribution in [1.82, 2.24) is 19.1 Å². The molecule has 11 rings (SSSR count). The van der Waals surface area contributed by atoms with Crippen molar-refractivity contribution in [2.45, 2.75) is 0 Å². The van der Waals surface area contributed by atoms with Gasteiger partial charge < -0.3 is 9.13 Å². The van der Waals surface area contributed by atoms with Crippen molar-refractivity contribution in [3.63, 3.8) is 0 Å². The van der Waals surface area contributed by atoms with Crippen LogP contribution in [-0.4, -0.2) is 19.1 Å². The standard InChI is InChI=1S/C56H30N8/c1-60-50-30-47(51-31-49(38-18-14-35(32-57)15-19-38)61-56(62-51)39-20-16-36(33-58)17-21-39)40(34-59)28-46(50)37-22-24-41(25-23-37)63-54-13-7-4-10-45(54)48-29-42(26-27-55(48)63)64-52-11-5-2-8-43(52)44-9-3-6-12-53(44)64/h2-31H. The number of benzene rings is 8. The van der Waals surface area contributed by atoms with Crippen molar-refractivity contribution in [3.05, 3.63) is 210 Å². The molecule has 0 amide bonds. The number of para-hydroxylation sites is 3. The van der Waals surface area contributed by atoms with Gasteiger partial charge in [0.05, 0.1) is 74.9 Å². The molecule has 8 aromatic carbocycles. The van der Waals surface area contributed by atoms with Crippen LogP contribution in [0, 0.1) is 40.6 Å². The Morgan fingerprint density at radius 1 is 0.422 bits per heavy atom. The summed E-state index contributed by atoms with van der Waals surface area (Å²) >= 11 is 0. The maximum absolute atomic E-state index is 10.6. The second kappa shape index (κ2) is 15.1. The van der Waals surface area contributed by atoms with E-state index in [1.807, 2.05) is 24.3 Å².